The number of hydrogen-bond acceptors (Lipinski definition) is 7. The van der Waals surface area contributed by atoms with Crippen LogP contribution < -0.4 is 24.4 Å². The third-order valence-electron chi connectivity index (χ3n) is 6.70. The Morgan fingerprint density at radius 1 is 1.03 bits per heavy atom. The van der Waals surface area contributed by atoms with Gasteiger partial charge in [-0.15, -0.1) is 0 Å². The third kappa shape index (κ3) is 4.72. The van der Waals surface area contributed by atoms with Gasteiger partial charge in [-0.25, -0.2) is 8.42 Å². The molecule has 10 nitrogen and oxygen atoms in total. The van der Waals surface area contributed by atoms with Gasteiger partial charge in [-0.1, -0.05) is 6.42 Å². The molecule has 36 heavy (non-hydrogen) atoms. The number of anilines is 2. The third-order valence-corrected chi connectivity index (χ3v) is 8.62. The van der Waals surface area contributed by atoms with Gasteiger partial charge in [0.1, 0.15) is 23.9 Å². The van der Waals surface area contributed by atoms with E-state index < -0.39 is 15.9 Å². The summed E-state index contributed by atoms with van der Waals surface area (Å²) in [7, 11) is -2.35. The van der Waals surface area contributed by atoms with Gasteiger partial charge in [-0.3, -0.25) is 9.59 Å². The van der Waals surface area contributed by atoms with Crippen molar-refractivity contribution in [1.82, 2.24) is 4.31 Å². The van der Waals surface area contributed by atoms with Crippen LogP contribution in [0.1, 0.15) is 25.7 Å². The van der Waals surface area contributed by atoms with Gasteiger partial charge in [0.15, 0.2) is 11.5 Å². The number of carbonyl (C=O) groups excluding carboxylic acids is 2. The lowest BCUT2D eigenvalue weighted by Gasteiger charge is -2.26. The standard InChI is InChI=1S/C25H29N3O7S/c1-33-21-7-5-18(14-23(21)36(31,32)27-9-3-2-4-10-27)26-25(30)17-13-24(29)28(16-17)19-6-8-20-22(15-19)35-12-11-34-20/h5-8,14-15,17H,2-4,9-13,16H2,1H3,(H,26,30). The molecule has 0 aromatic heterocycles. The van der Waals surface area contributed by atoms with E-state index in [0.717, 1.165) is 19.3 Å². The molecule has 11 heteroatoms. The van der Waals surface area contributed by atoms with Gasteiger partial charge < -0.3 is 24.4 Å². The van der Waals surface area contributed by atoms with Crippen molar-refractivity contribution < 1.29 is 32.2 Å². The van der Waals surface area contributed by atoms with Crippen LogP contribution in [0.5, 0.6) is 17.2 Å². The Morgan fingerprint density at radius 3 is 2.53 bits per heavy atom. The van der Waals surface area contributed by atoms with Gasteiger partial charge in [0.25, 0.3) is 0 Å². The molecule has 0 saturated carbocycles. The molecule has 0 spiro atoms. The van der Waals surface area contributed by atoms with Gasteiger partial charge in [0, 0.05) is 43.5 Å². The predicted octanol–water partition coefficient (Wildman–Crippen LogP) is 2.63. The molecule has 1 atom stereocenters. The molecule has 0 radical (unpaired) electrons. The number of carbonyl (C=O) groups is 2. The second-order valence-corrected chi connectivity index (χ2v) is 11.0. The molecule has 0 bridgehead atoms. The summed E-state index contributed by atoms with van der Waals surface area (Å²) in [6, 6.07) is 9.83. The maximum atomic E-state index is 13.3. The molecular weight excluding hydrogens is 486 g/mol. The van der Waals surface area contributed by atoms with E-state index in [9.17, 15) is 18.0 Å². The summed E-state index contributed by atoms with van der Waals surface area (Å²) in [5.41, 5.74) is 0.973. The first kappa shape index (κ1) is 24.4. The zero-order valence-electron chi connectivity index (χ0n) is 20.1. The number of hydrogen-bond donors (Lipinski definition) is 1. The minimum atomic E-state index is -3.77. The van der Waals surface area contributed by atoms with Gasteiger partial charge in [0.05, 0.1) is 13.0 Å². The Morgan fingerprint density at radius 2 is 1.78 bits per heavy atom. The average Bonchev–Trinajstić information content (AvgIpc) is 3.30. The van der Waals surface area contributed by atoms with Crippen molar-refractivity contribution in [2.24, 2.45) is 5.92 Å². The van der Waals surface area contributed by atoms with Gasteiger partial charge in [-0.05, 0) is 43.2 Å². The minimum absolute atomic E-state index is 0.0186. The second-order valence-electron chi connectivity index (χ2n) is 9.05. The van der Waals surface area contributed by atoms with E-state index in [0.29, 0.717) is 49.2 Å². The molecule has 2 aromatic carbocycles. The van der Waals surface area contributed by atoms with E-state index in [2.05, 4.69) is 5.32 Å². The number of benzene rings is 2. The first-order chi connectivity index (χ1) is 17.4. The summed E-state index contributed by atoms with van der Waals surface area (Å²) in [4.78, 5) is 27.4. The van der Waals surface area contributed by atoms with E-state index in [1.807, 2.05) is 0 Å². The van der Waals surface area contributed by atoms with Crippen molar-refractivity contribution in [1.29, 1.82) is 0 Å². The maximum absolute atomic E-state index is 13.3. The number of methoxy groups -OCH3 is 1. The maximum Gasteiger partial charge on any atom is 0.246 e. The van der Waals surface area contributed by atoms with Gasteiger partial charge >= 0.3 is 0 Å². The molecule has 2 aromatic rings. The zero-order valence-corrected chi connectivity index (χ0v) is 20.9. The lowest BCUT2D eigenvalue weighted by molar-refractivity contribution is -0.122. The van der Waals surface area contributed by atoms with Gasteiger partial charge in [0.2, 0.25) is 21.8 Å². The van der Waals surface area contributed by atoms with E-state index in [1.165, 1.54) is 23.5 Å². The lowest BCUT2D eigenvalue weighted by Crippen LogP contribution is -2.35. The SMILES string of the molecule is COc1ccc(NC(=O)C2CC(=O)N(c3ccc4c(c3)OCCO4)C2)cc1S(=O)(=O)N1CCCCC1. The monoisotopic (exact) mass is 515 g/mol. The van der Waals surface area contributed by atoms with Crippen molar-refractivity contribution in [3.8, 4) is 17.2 Å². The number of sulfonamides is 1. The van der Waals surface area contributed by atoms with Gasteiger partial charge in [-0.2, -0.15) is 4.31 Å². The molecule has 2 amide bonds. The van der Waals surface area contributed by atoms with E-state index in [-0.39, 0.29) is 35.4 Å². The van der Waals surface area contributed by atoms with Crippen molar-refractivity contribution in [3.05, 3.63) is 36.4 Å². The highest BCUT2D eigenvalue weighted by Crippen LogP contribution is 2.36. The van der Waals surface area contributed by atoms with Crippen LogP contribution in [0.3, 0.4) is 0 Å². The normalized spacial score (nSPS) is 20.3. The minimum Gasteiger partial charge on any atom is -0.495 e. The number of fused-ring (bicyclic) bond motifs is 1. The number of rotatable bonds is 6. The Labute approximate surface area is 210 Å². The number of nitrogens with one attached hydrogen (secondary N) is 1. The van der Waals surface area contributed by atoms with E-state index in [1.54, 1.807) is 29.2 Å². The zero-order chi connectivity index (χ0) is 25.3. The summed E-state index contributed by atoms with van der Waals surface area (Å²) >= 11 is 0. The summed E-state index contributed by atoms with van der Waals surface area (Å²) in [6.07, 6.45) is 2.68. The van der Waals surface area contributed by atoms with Crippen molar-refractivity contribution in [3.63, 3.8) is 0 Å². The molecule has 1 unspecified atom stereocenters. The van der Waals surface area contributed by atoms with E-state index >= 15 is 0 Å². The largest absolute Gasteiger partial charge is 0.495 e. The highest BCUT2D eigenvalue weighted by molar-refractivity contribution is 7.89. The second kappa shape index (κ2) is 9.98. The van der Waals surface area contributed by atoms with Crippen LogP contribution in [0.4, 0.5) is 11.4 Å². The average molecular weight is 516 g/mol. The highest BCUT2D eigenvalue weighted by atomic mass is 32.2. The number of amides is 2. The molecule has 2 fully saturated rings. The molecule has 5 rings (SSSR count). The van der Waals surface area contributed by atoms with Crippen LogP contribution in [-0.4, -0.2) is 64.5 Å². The first-order valence-electron chi connectivity index (χ1n) is 12.1. The molecule has 3 heterocycles. The quantitative estimate of drug-likeness (QED) is 0.629. The molecule has 1 N–H and O–H groups in total. The summed E-state index contributed by atoms with van der Waals surface area (Å²) in [6.45, 7) is 2.04. The van der Waals surface area contributed by atoms with Crippen LogP contribution in [0.15, 0.2) is 41.3 Å². The van der Waals surface area contributed by atoms with Crippen LogP contribution in [0.2, 0.25) is 0 Å². The van der Waals surface area contributed by atoms with Crippen LogP contribution in [0, 0.1) is 5.92 Å². The highest BCUT2D eigenvalue weighted by Gasteiger charge is 2.36. The number of nitrogens with zero attached hydrogens (tertiary/aromatic N) is 2. The summed E-state index contributed by atoms with van der Waals surface area (Å²) in [5, 5.41) is 2.79. The summed E-state index contributed by atoms with van der Waals surface area (Å²) < 4.78 is 44.5. The predicted molar refractivity (Wildman–Crippen MR) is 132 cm³/mol. The Hall–Kier alpha value is -3.31. The number of ether oxygens (including phenoxy) is 3. The first-order valence-corrected chi connectivity index (χ1v) is 13.5. The Bertz CT molecular complexity index is 1270. The topological polar surface area (TPSA) is 114 Å². The fourth-order valence-corrected chi connectivity index (χ4v) is 6.48. The molecule has 3 aliphatic rings. The lowest BCUT2D eigenvalue weighted by atomic mass is 10.1. The van der Waals surface area contributed by atoms with Crippen LogP contribution in [0.25, 0.3) is 0 Å². The van der Waals surface area contributed by atoms with E-state index in [4.69, 9.17) is 14.2 Å². The molecule has 192 valence electrons. The van der Waals surface area contributed by atoms with Crippen molar-refractivity contribution in [2.75, 3.05) is 50.2 Å². The molecule has 3 aliphatic heterocycles. The fourth-order valence-electron chi connectivity index (χ4n) is 4.78. The Balaban J connectivity index is 1.31. The van der Waals surface area contributed by atoms with Crippen LogP contribution >= 0.6 is 0 Å². The Kier molecular flexibility index (Phi) is 6.76. The number of piperidine rings is 1. The molecule has 2 saturated heterocycles. The summed E-state index contributed by atoms with van der Waals surface area (Å²) in [5.74, 6) is 0.306. The molecular formula is C25H29N3O7S. The molecule has 0 aliphatic carbocycles. The smallest absolute Gasteiger partial charge is 0.246 e. The van der Waals surface area contributed by atoms with Crippen LogP contribution in [-0.2, 0) is 19.6 Å². The fraction of sp³-hybridized carbons (Fsp3) is 0.440. The van der Waals surface area contributed by atoms with Crippen molar-refractivity contribution in [2.45, 2.75) is 30.6 Å². The van der Waals surface area contributed by atoms with Crippen molar-refractivity contribution >= 4 is 33.2 Å².